The molecule has 2 aromatic carbocycles. The van der Waals surface area contributed by atoms with Gasteiger partial charge in [-0.15, -0.1) is 0 Å². The molecule has 0 atom stereocenters. The van der Waals surface area contributed by atoms with Gasteiger partial charge in [0.2, 0.25) is 0 Å². The summed E-state index contributed by atoms with van der Waals surface area (Å²) in [5.41, 5.74) is 2.86. The first kappa shape index (κ1) is 22.0. The molecule has 0 aromatic heterocycles. The highest BCUT2D eigenvalue weighted by Crippen LogP contribution is 2.29. The molecule has 2 aromatic rings. The summed E-state index contributed by atoms with van der Waals surface area (Å²) in [7, 11) is 1.56. The van der Waals surface area contributed by atoms with Crippen LogP contribution in [-0.2, 0) is 20.9 Å². The van der Waals surface area contributed by atoms with Gasteiger partial charge in [0.1, 0.15) is 0 Å². The smallest absolute Gasteiger partial charge is 0.331 e. The standard InChI is InChI=1S/C23H27NO5/c1-16(2)29-20-11-9-18(13-21(20)27-4)10-12-23(26)28-15-22(25)24-14-19-8-6-5-7-17(19)3/h5-13,16H,14-15H2,1-4H3,(H,24,25)/b12-10+. The highest BCUT2D eigenvalue weighted by Gasteiger charge is 2.08. The topological polar surface area (TPSA) is 73.9 Å². The van der Waals surface area contributed by atoms with E-state index in [4.69, 9.17) is 14.2 Å². The zero-order chi connectivity index (χ0) is 21.2. The highest BCUT2D eigenvalue weighted by molar-refractivity contribution is 5.89. The lowest BCUT2D eigenvalue weighted by Gasteiger charge is -2.13. The molecule has 0 aliphatic carbocycles. The third kappa shape index (κ3) is 7.33. The quantitative estimate of drug-likeness (QED) is 0.516. The summed E-state index contributed by atoms with van der Waals surface area (Å²) in [6.07, 6.45) is 2.89. The lowest BCUT2D eigenvalue weighted by atomic mass is 10.1. The zero-order valence-corrected chi connectivity index (χ0v) is 17.2. The van der Waals surface area contributed by atoms with E-state index in [2.05, 4.69) is 5.32 Å². The van der Waals surface area contributed by atoms with Gasteiger partial charge in [-0.2, -0.15) is 0 Å². The number of methoxy groups -OCH3 is 1. The van der Waals surface area contributed by atoms with Crippen LogP contribution in [0.25, 0.3) is 6.08 Å². The van der Waals surface area contributed by atoms with Gasteiger partial charge in [-0.25, -0.2) is 4.79 Å². The Morgan fingerprint density at radius 3 is 2.55 bits per heavy atom. The number of amides is 1. The number of hydrogen-bond donors (Lipinski definition) is 1. The summed E-state index contributed by atoms with van der Waals surface area (Å²) < 4.78 is 16.0. The van der Waals surface area contributed by atoms with Gasteiger partial charge in [-0.05, 0) is 55.7 Å². The number of carbonyl (C=O) groups is 2. The van der Waals surface area contributed by atoms with E-state index in [1.165, 1.54) is 6.08 Å². The third-order valence-electron chi connectivity index (χ3n) is 4.05. The lowest BCUT2D eigenvalue weighted by Crippen LogP contribution is -2.28. The fraction of sp³-hybridized carbons (Fsp3) is 0.304. The van der Waals surface area contributed by atoms with E-state index in [-0.39, 0.29) is 18.6 Å². The number of hydrogen-bond acceptors (Lipinski definition) is 5. The molecule has 6 heteroatoms. The number of esters is 1. The fourth-order valence-corrected chi connectivity index (χ4v) is 2.54. The maximum Gasteiger partial charge on any atom is 0.331 e. The van der Waals surface area contributed by atoms with Crippen molar-refractivity contribution in [2.75, 3.05) is 13.7 Å². The number of carbonyl (C=O) groups excluding carboxylic acids is 2. The first-order chi connectivity index (χ1) is 13.9. The van der Waals surface area contributed by atoms with Crippen LogP contribution >= 0.6 is 0 Å². The molecule has 1 amide bonds. The Bertz CT molecular complexity index is 873. The van der Waals surface area contributed by atoms with Crippen LogP contribution in [0.4, 0.5) is 0 Å². The van der Waals surface area contributed by atoms with E-state index in [9.17, 15) is 9.59 Å². The van der Waals surface area contributed by atoms with Gasteiger partial charge in [-0.1, -0.05) is 30.3 Å². The average molecular weight is 397 g/mol. The Morgan fingerprint density at radius 2 is 1.86 bits per heavy atom. The van der Waals surface area contributed by atoms with Crippen molar-refractivity contribution in [1.82, 2.24) is 5.32 Å². The Morgan fingerprint density at radius 1 is 1.10 bits per heavy atom. The van der Waals surface area contributed by atoms with Gasteiger partial charge < -0.3 is 19.5 Å². The van der Waals surface area contributed by atoms with Crippen molar-refractivity contribution in [3.05, 3.63) is 65.2 Å². The van der Waals surface area contributed by atoms with Crippen molar-refractivity contribution < 1.29 is 23.8 Å². The van der Waals surface area contributed by atoms with Crippen LogP contribution in [0, 0.1) is 6.92 Å². The van der Waals surface area contributed by atoms with Crippen LogP contribution in [0.2, 0.25) is 0 Å². The van der Waals surface area contributed by atoms with Gasteiger partial charge in [0.05, 0.1) is 13.2 Å². The molecule has 0 unspecified atom stereocenters. The second kappa shape index (κ2) is 10.9. The number of ether oxygens (including phenoxy) is 3. The van der Waals surface area contributed by atoms with Crippen LogP contribution < -0.4 is 14.8 Å². The largest absolute Gasteiger partial charge is 0.493 e. The van der Waals surface area contributed by atoms with Crippen molar-refractivity contribution in [2.45, 2.75) is 33.4 Å². The lowest BCUT2D eigenvalue weighted by molar-refractivity contribution is -0.143. The SMILES string of the molecule is COc1cc(/C=C/C(=O)OCC(=O)NCc2ccccc2C)ccc1OC(C)C. The van der Waals surface area contributed by atoms with Gasteiger partial charge in [-0.3, -0.25) is 4.79 Å². The second-order valence-electron chi connectivity index (χ2n) is 6.72. The molecular formula is C23H27NO5. The molecule has 0 aliphatic rings. The molecule has 0 aliphatic heterocycles. The van der Waals surface area contributed by atoms with Crippen molar-refractivity contribution >= 4 is 18.0 Å². The Hall–Kier alpha value is -3.28. The summed E-state index contributed by atoms with van der Waals surface area (Å²) in [5, 5.41) is 2.74. The molecule has 0 fully saturated rings. The normalized spacial score (nSPS) is 10.8. The Balaban J connectivity index is 1.83. The molecule has 6 nitrogen and oxygen atoms in total. The minimum absolute atomic E-state index is 0.0252. The molecule has 2 rings (SSSR count). The number of rotatable bonds is 9. The average Bonchev–Trinajstić information content (AvgIpc) is 2.70. The zero-order valence-electron chi connectivity index (χ0n) is 17.2. The second-order valence-corrected chi connectivity index (χ2v) is 6.72. The maximum absolute atomic E-state index is 11.9. The molecule has 0 saturated carbocycles. The van der Waals surface area contributed by atoms with Gasteiger partial charge in [0.15, 0.2) is 18.1 Å². The molecule has 1 N–H and O–H groups in total. The van der Waals surface area contributed by atoms with Crippen LogP contribution in [0.5, 0.6) is 11.5 Å². The van der Waals surface area contributed by atoms with Gasteiger partial charge >= 0.3 is 5.97 Å². The molecule has 154 valence electrons. The summed E-state index contributed by atoms with van der Waals surface area (Å²) >= 11 is 0. The van der Waals surface area contributed by atoms with Crippen molar-refractivity contribution in [1.29, 1.82) is 0 Å². The van der Waals surface area contributed by atoms with E-state index >= 15 is 0 Å². The van der Waals surface area contributed by atoms with Crippen molar-refractivity contribution in [2.24, 2.45) is 0 Å². The minimum Gasteiger partial charge on any atom is -0.493 e. The van der Waals surface area contributed by atoms with E-state index in [0.717, 1.165) is 16.7 Å². The summed E-state index contributed by atoms with van der Waals surface area (Å²) in [4.78, 5) is 23.7. The minimum atomic E-state index is -0.600. The van der Waals surface area contributed by atoms with Crippen molar-refractivity contribution in [3.8, 4) is 11.5 Å². The number of benzene rings is 2. The van der Waals surface area contributed by atoms with Crippen LogP contribution in [0.1, 0.15) is 30.5 Å². The number of nitrogens with one attached hydrogen (secondary N) is 1. The predicted molar refractivity (Wildman–Crippen MR) is 112 cm³/mol. The molecular weight excluding hydrogens is 370 g/mol. The molecule has 0 bridgehead atoms. The predicted octanol–water partition coefficient (Wildman–Crippen LogP) is 3.66. The van der Waals surface area contributed by atoms with E-state index < -0.39 is 5.97 Å². The third-order valence-corrected chi connectivity index (χ3v) is 4.05. The highest BCUT2D eigenvalue weighted by atomic mass is 16.5. The maximum atomic E-state index is 11.9. The summed E-state index contributed by atoms with van der Waals surface area (Å²) in [6.45, 7) is 5.90. The van der Waals surface area contributed by atoms with Crippen LogP contribution in [0.3, 0.4) is 0 Å². The van der Waals surface area contributed by atoms with E-state index in [0.29, 0.717) is 18.0 Å². The van der Waals surface area contributed by atoms with Gasteiger partial charge in [0, 0.05) is 12.6 Å². The first-order valence-electron chi connectivity index (χ1n) is 9.39. The number of aryl methyl sites for hydroxylation is 1. The molecule has 0 heterocycles. The molecule has 0 spiro atoms. The first-order valence-corrected chi connectivity index (χ1v) is 9.39. The molecule has 0 saturated heterocycles. The van der Waals surface area contributed by atoms with Crippen LogP contribution in [0.15, 0.2) is 48.5 Å². The Kier molecular flexibility index (Phi) is 8.27. The molecule has 0 radical (unpaired) electrons. The monoisotopic (exact) mass is 397 g/mol. The van der Waals surface area contributed by atoms with Crippen molar-refractivity contribution in [3.63, 3.8) is 0 Å². The fourth-order valence-electron chi connectivity index (χ4n) is 2.54. The summed E-state index contributed by atoms with van der Waals surface area (Å²) in [6, 6.07) is 13.1. The van der Waals surface area contributed by atoms with E-state index in [1.54, 1.807) is 31.4 Å². The molecule has 29 heavy (non-hydrogen) atoms. The van der Waals surface area contributed by atoms with Crippen LogP contribution in [-0.4, -0.2) is 31.7 Å². The van der Waals surface area contributed by atoms with E-state index in [1.807, 2.05) is 45.0 Å². The Labute approximate surface area is 171 Å². The summed E-state index contributed by atoms with van der Waals surface area (Å²) in [5.74, 6) is 0.252. The van der Waals surface area contributed by atoms with Gasteiger partial charge in [0.25, 0.3) is 5.91 Å².